The van der Waals surface area contributed by atoms with Crippen molar-refractivity contribution in [1.29, 1.82) is 0 Å². The Bertz CT molecular complexity index is 644. The van der Waals surface area contributed by atoms with Gasteiger partial charge in [-0.05, 0) is 46.6 Å². The maximum absolute atomic E-state index is 11.9. The third kappa shape index (κ3) is 4.23. The number of methoxy groups -OCH3 is 1. The largest absolute Gasteiger partial charge is 0.495 e. The van der Waals surface area contributed by atoms with Crippen LogP contribution in [0.3, 0.4) is 0 Å². The third-order valence-corrected chi connectivity index (χ3v) is 3.68. The summed E-state index contributed by atoms with van der Waals surface area (Å²) in [6, 6.07) is 13.3. The average molecular weight is 349 g/mol. The highest BCUT2D eigenvalue weighted by Gasteiger charge is 2.06. The number of carbonyl (C=O) groups excluding carboxylic acids is 1. The van der Waals surface area contributed by atoms with Crippen LogP contribution in [0, 0.1) is 6.92 Å². The molecule has 0 aromatic heterocycles. The fraction of sp³-hybridized carbons (Fsp3) is 0.188. The van der Waals surface area contributed by atoms with Gasteiger partial charge >= 0.3 is 0 Å². The van der Waals surface area contributed by atoms with E-state index in [9.17, 15) is 4.79 Å². The van der Waals surface area contributed by atoms with Crippen LogP contribution in [0.4, 0.5) is 11.4 Å². The summed E-state index contributed by atoms with van der Waals surface area (Å²) in [4.78, 5) is 11.9. The number of carbonyl (C=O) groups is 1. The Kier molecular flexibility index (Phi) is 5.22. The van der Waals surface area contributed by atoms with Crippen molar-refractivity contribution in [2.45, 2.75) is 6.92 Å². The molecule has 0 atom stereocenters. The van der Waals surface area contributed by atoms with E-state index in [1.54, 1.807) is 7.11 Å². The molecule has 0 aliphatic heterocycles. The van der Waals surface area contributed by atoms with Crippen LogP contribution in [0.15, 0.2) is 46.9 Å². The van der Waals surface area contributed by atoms with Gasteiger partial charge in [-0.3, -0.25) is 4.79 Å². The van der Waals surface area contributed by atoms with Crippen molar-refractivity contribution >= 4 is 33.2 Å². The van der Waals surface area contributed by atoms with Crippen LogP contribution in [-0.2, 0) is 4.79 Å². The smallest absolute Gasteiger partial charge is 0.243 e. The normalized spacial score (nSPS) is 10.0. The molecule has 0 spiro atoms. The molecule has 1 amide bonds. The highest BCUT2D eigenvalue weighted by molar-refractivity contribution is 9.10. The molecule has 0 heterocycles. The standard InChI is InChI=1S/C16H17BrN2O2/c1-11-5-3-4-6-14(11)19-16(20)10-18-12-7-8-13(17)15(9-12)21-2/h3-9,18H,10H2,1-2H3,(H,19,20). The fourth-order valence-electron chi connectivity index (χ4n) is 1.86. The van der Waals surface area contributed by atoms with Crippen LogP contribution in [0.5, 0.6) is 5.75 Å². The number of hydrogen-bond donors (Lipinski definition) is 2. The summed E-state index contributed by atoms with van der Waals surface area (Å²) >= 11 is 3.39. The molecule has 0 bridgehead atoms. The van der Waals surface area contributed by atoms with E-state index in [1.807, 2.05) is 49.4 Å². The minimum atomic E-state index is -0.0915. The number of benzene rings is 2. The van der Waals surface area contributed by atoms with E-state index >= 15 is 0 Å². The maximum atomic E-state index is 11.9. The minimum Gasteiger partial charge on any atom is -0.495 e. The zero-order valence-corrected chi connectivity index (χ0v) is 13.5. The van der Waals surface area contributed by atoms with Gasteiger partial charge in [-0.25, -0.2) is 0 Å². The summed E-state index contributed by atoms with van der Waals surface area (Å²) in [7, 11) is 1.61. The van der Waals surface area contributed by atoms with Gasteiger partial charge in [-0.15, -0.1) is 0 Å². The van der Waals surface area contributed by atoms with Gasteiger partial charge in [-0.2, -0.15) is 0 Å². The van der Waals surface area contributed by atoms with E-state index in [0.29, 0.717) is 0 Å². The van der Waals surface area contributed by atoms with E-state index in [1.165, 1.54) is 0 Å². The molecule has 0 aliphatic rings. The zero-order chi connectivity index (χ0) is 15.2. The molecule has 2 aromatic carbocycles. The lowest BCUT2D eigenvalue weighted by Crippen LogP contribution is -2.22. The van der Waals surface area contributed by atoms with Crippen LogP contribution in [0.25, 0.3) is 0 Å². The molecule has 4 nitrogen and oxygen atoms in total. The average Bonchev–Trinajstić information content (AvgIpc) is 2.49. The quantitative estimate of drug-likeness (QED) is 0.863. The van der Waals surface area contributed by atoms with Gasteiger partial charge < -0.3 is 15.4 Å². The molecule has 2 aromatic rings. The van der Waals surface area contributed by atoms with Crippen molar-refractivity contribution in [3.63, 3.8) is 0 Å². The molecule has 0 aliphatic carbocycles. The number of anilines is 2. The molecular formula is C16H17BrN2O2. The van der Waals surface area contributed by atoms with Gasteiger partial charge in [0.25, 0.3) is 0 Å². The van der Waals surface area contributed by atoms with E-state index < -0.39 is 0 Å². The number of aryl methyl sites for hydroxylation is 1. The van der Waals surface area contributed by atoms with Crippen LogP contribution in [-0.4, -0.2) is 19.6 Å². The second-order valence-corrected chi connectivity index (χ2v) is 5.42. The van der Waals surface area contributed by atoms with E-state index in [0.717, 1.165) is 27.2 Å². The van der Waals surface area contributed by atoms with Crippen molar-refractivity contribution in [2.24, 2.45) is 0 Å². The number of amides is 1. The van der Waals surface area contributed by atoms with Gasteiger partial charge in [0.1, 0.15) is 5.75 Å². The fourth-order valence-corrected chi connectivity index (χ4v) is 2.27. The van der Waals surface area contributed by atoms with E-state index in [-0.39, 0.29) is 12.5 Å². The molecule has 0 radical (unpaired) electrons. The van der Waals surface area contributed by atoms with Gasteiger partial charge in [-0.1, -0.05) is 18.2 Å². The van der Waals surface area contributed by atoms with E-state index in [4.69, 9.17) is 4.74 Å². The van der Waals surface area contributed by atoms with E-state index in [2.05, 4.69) is 26.6 Å². The van der Waals surface area contributed by atoms with Gasteiger partial charge in [0, 0.05) is 17.4 Å². The molecule has 0 unspecified atom stereocenters. The highest BCUT2D eigenvalue weighted by Crippen LogP contribution is 2.27. The summed E-state index contributed by atoms with van der Waals surface area (Å²) in [5, 5.41) is 5.95. The zero-order valence-electron chi connectivity index (χ0n) is 11.9. The van der Waals surface area contributed by atoms with Crippen LogP contribution in [0.2, 0.25) is 0 Å². The van der Waals surface area contributed by atoms with Crippen LogP contribution >= 0.6 is 15.9 Å². The summed E-state index contributed by atoms with van der Waals surface area (Å²) in [5.41, 5.74) is 2.70. The second-order valence-electron chi connectivity index (χ2n) is 4.57. The Hall–Kier alpha value is -2.01. The van der Waals surface area contributed by atoms with Crippen molar-refractivity contribution in [3.05, 3.63) is 52.5 Å². The Balaban J connectivity index is 1.94. The first-order valence-electron chi connectivity index (χ1n) is 6.53. The van der Waals surface area contributed by atoms with Crippen molar-refractivity contribution < 1.29 is 9.53 Å². The molecule has 0 saturated carbocycles. The Morgan fingerprint density at radius 3 is 2.71 bits per heavy atom. The number of halogens is 1. The number of ether oxygens (including phenoxy) is 1. The number of para-hydroxylation sites is 1. The minimum absolute atomic E-state index is 0.0915. The van der Waals surface area contributed by atoms with Gasteiger partial charge in [0.2, 0.25) is 5.91 Å². The first-order valence-corrected chi connectivity index (χ1v) is 7.32. The summed E-state index contributed by atoms with van der Waals surface area (Å²) in [6.45, 7) is 2.15. The number of hydrogen-bond acceptors (Lipinski definition) is 3. The molecule has 0 saturated heterocycles. The molecule has 2 N–H and O–H groups in total. The molecule has 110 valence electrons. The molecule has 0 fully saturated rings. The summed E-state index contributed by atoms with van der Waals surface area (Å²) in [5.74, 6) is 0.630. The maximum Gasteiger partial charge on any atom is 0.243 e. The van der Waals surface area contributed by atoms with Gasteiger partial charge in [0.05, 0.1) is 18.1 Å². The SMILES string of the molecule is COc1cc(NCC(=O)Nc2ccccc2C)ccc1Br. The lowest BCUT2D eigenvalue weighted by Gasteiger charge is -2.11. The first-order chi connectivity index (χ1) is 10.1. The third-order valence-electron chi connectivity index (χ3n) is 3.02. The molecule has 21 heavy (non-hydrogen) atoms. The van der Waals surface area contributed by atoms with Gasteiger partial charge in [0.15, 0.2) is 0 Å². The lowest BCUT2D eigenvalue weighted by atomic mass is 10.2. The Labute approximate surface area is 132 Å². The lowest BCUT2D eigenvalue weighted by molar-refractivity contribution is -0.114. The molecular weight excluding hydrogens is 332 g/mol. The Morgan fingerprint density at radius 2 is 2.00 bits per heavy atom. The molecule has 2 rings (SSSR count). The summed E-state index contributed by atoms with van der Waals surface area (Å²) < 4.78 is 6.09. The highest BCUT2D eigenvalue weighted by atomic mass is 79.9. The number of rotatable bonds is 5. The predicted molar refractivity (Wildman–Crippen MR) is 89.0 cm³/mol. The monoisotopic (exact) mass is 348 g/mol. The second kappa shape index (κ2) is 7.13. The first kappa shape index (κ1) is 15.4. The van der Waals surface area contributed by atoms with Crippen molar-refractivity contribution in [3.8, 4) is 5.75 Å². The van der Waals surface area contributed by atoms with Crippen molar-refractivity contribution in [1.82, 2.24) is 0 Å². The Morgan fingerprint density at radius 1 is 1.24 bits per heavy atom. The van der Waals surface area contributed by atoms with Crippen LogP contribution < -0.4 is 15.4 Å². The number of nitrogens with one attached hydrogen (secondary N) is 2. The predicted octanol–water partition coefficient (Wildman–Crippen LogP) is 3.82. The van der Waals surface area contributed by atoms with Crippen LogP contribution in [0.1, 0.15) is 5.56 Å². The summed E-state index contributed by atoms with van der Waals surface area (Å²) in [6.07, 6.45) is 0. The van der Waals surface area contributed by atoms with Crippen molar-refractivity contribution in [2.75, 3.05) is 24.3 Å². The topological polar surface area (TPSA) is 50.4 Å². The molecule has 5 heteroatoms.